The first-order valence-corrected chi connectivity index (χ1v) is 9.79. The van der Waals surface area contributed by atoms with Gasteiger partial charge in [-0.15, -0.1) is 0 Å². The molecule has 2 aromatic carbocycles. The third-order valence-electron chi connectivity index (χ3n) is 5.03. The lowest BCUT2D eigenvalue weighted by atomic mass is 9.93. The van der Waals surface area contributed by atoms with Crippen LogP contribution >= 0.6 is 11.6 Å². The molecule has 0 aliphatic carbocycles. The second-order valence-corrected chi connectivity index (χ2v) is 7.38. The Kier molecular flexibility index (Phi) is 5.72. The molecule has 0 fully saturated rings. The largest absolute Gasteiger partial charge is 0.471 e. The number of halogens is 1. The first-order valence-electron chi connectivity index (χ1n) is 9.41. The Morgan fingerprint density at radius 1 is 1.17 bits per heavy atom. The zero-order chi connectivity index (χ0) is 21.1. The van der Waals surface area contributed by atoms with Crippen molar-refractivity contribution in [1.29, 1.82) is 0 Å². The van der Waals surface area contributed by atoms with Gasteiger partial charge < -0.3 is 14.4 Å². The monoisotopic (exact) mass is 425 g/mol. The highest BCUT2D eigenvalue weighted by atomic mass is 35.5. The number of fused-ring (bicyclic) bond motifs is 1. The average molecular weight is 426 g/mol. The maximum Gasteiger partial charge on any atom is 0.328 e. The van der Waals surface area contributed by atoms with Gasteiger partial charge in [-0.05, 0) is 29.3 Å². The van der Waals surface area contributed by atoms with Gasteiger partial charge in [0.1, 0.15) is 11.8 Å². The van der Waals surface area contributed by atoms with E-state index in [0.717, 1.165) is 11.1 Å². The summed E-state index contributed by atoms with van der Waals surface area (Å²) in [6, 6.07) is 14.0. The lowest BCUT2D eigenvalue weighted by Gasteiger charge is -2.35. The van der Waals surface area contributed by atoms with Gasteiger partial charge in [0.05, 0.1) is 18.3 Å². The van der Waals surface area contributed by atoms with Gasteiger partial charge in [-0.25, -0.2) is 9.48 Å². The SMILES string of the molecule is COC(=O)[C@@H]1Cc2ccccc2CN1C(=O)c1cccc(OCn2cc(Cl)cn2)c1. The third-order valence-corrected chi connectivity index (χ3v) is 5.22. The Balaban J connectivity index is 1.55. The van der Waals surface area contributed by atoms with Crippen LogP contribution in [-0.2, 0) is 29.2 Å². The Hall–Kier alpha value is -3.32. The van der Waals surface area contributed by atoms with E-state index < -0.39 is 12.0 Å². The summed E-state index contributed by atoms with van der Waals surface area (Å²) in [5, 5.41) is 4.57. The van der Waals surface area contributed by atoms with Crippen LogP contribution in [0.2, 0.25) is 5.02 Å². The fraction of sp³-hybridized carbons (Fsp3) is 0.227. The van der Waals surface area contributed by atoms with Crippen molar-refractivity contribution in [2.24, 2.45) is 0 Å². The number of amides is 1. The molecular weight excluding hydrogens is 406 g/mol. The van der Waals surface area contributed by atoms with Crippen molar-refractivity contribution in [2.75, 3.05) is 7.11 Å². The van der Waals surface area contributed by atoms with Crippen molar-refractivity contribution in [1.82, 2.24) is 14.7 Å². The first kappa shape index (κ1) is 20.0. The van der Waals surface area contributed by atoms with E-state index in [1.807, 2.05) is 24.3 Å². The number of ether oxygens (including phenoxy) is 2. The molecule has 0 radical (unpaired) electrons. The molecular formula is C22H20ClN3O4. The Bertz CT molecular complexity index is 1080. The molecule has 4 rings (SSSR count). The van der Waals surface area contributed by atoms with Gasteiger partial charge in [0, 0.05) is 24.7 Å². The van der Waals surface area contributed by atoms with Crippen LogP contribution in [0.4, 0.5) is 0 Å². The van der Waals surface area contributed by atoms with Crippen molar-refractivity contribution in [3.8, 4) is 5.75 Å². The van der Waals surface area contributed by atoms with Crippen molar-refractivity contribution in [2.45, 2.75) is 25.7 Å². The lowest BCUT2D eigenvalue weighted by molar-refractivity contribution is -0.146. The Morgan fingerprint density at radius 3 is 2.70 bits per heavy atom. The normalized spacial score (nSPS) is 15.4. The highest BCUT2D eigenvalue weighted by molar-refractivity contribution is 6.30. The lowest BCUT2D eigenvalue weighted by Crippen LogP contribution is -2.49. The van der Waals surface area contributed by atoms with Crippen molar-refractivity contribution < 1.29 is 19.1 Å². The van der Waals surface area contributed by atoms with Crippen LogP contribution in [0.15, 0.2) is 60.9 Å². The maximum absolute atomic E-state index is 13.3. The highest BCUT2D eigenvalue weighted by Crippen LogP contribution is 2.26. The minimum absolute atomic E-state index is 0.159. The molecule has 0 bridgehead atoms. The fourth-order valence-corrected chi connectivity index (χ4v) is 3.67. The van der Waals surface area contributed by atoms with Gasteiger partial charge in [-0.2, -0.15) is 5.10 Å². The highest BCUT2D eigenvalue weighted by Gasteiger charge is 2.35. The summed E-state index contributed by atoms with van der Waals surface area (Å²) in [5.41, 5.74) is 2.50. The average Bonchev–Trinajstić information content (AvgIpc) is 3.21. The van der Waals surface area contributed by atoms with Gasteiger partial charge in [0.15, 0.2) is 6.73 Å². The molecule has 7 nitrogen and oxygen atoms in total. The van der Waals surface area contributed by atoms with Gasteiger partial charge in [0.2, 0.25) is 0 Å². The molecule has 0 N–H and O–H groups in total. The van der Waals surface area contributed by atoms with E-state index in [2.05, 4.69) is 5.10 Å². The third kappa shape index (κ3) is 4.16. The van der Waals surface area contributed by atoms with E-state index in [4.69, 9.17) is 21.1 Å². The molecule has 1 aliphatic rings. The molecule has 1 amide bonds. The molecule has 30 heavy (non-hydrogen) atoms. The Morgan fingerprint density at radius 2 is 1.97 bits per heavy atom. The molecule has 2 heterocycles. The second kappa shape index (κ2) is 8.59. The second-order valence-electron chi connectivity index (χ2n) is 6.94. The smallest absolute Gasteiger partial charge is 0.328 e. The number of aromatic nitrogens is 2. The van der Waals surface area contributed by atoms with E-state index in [1.54, 1.807) is 40.0 Å². The summed E-state index contributed by atoms with van der Waals surface area (Å²) in [6.07, 6.45) is 3.58. The van der Waals surface area contributed by atoms with E-state index in [9.17, 15) is 9.59 Å². The predicted molar refractivity (Wildman–Crippen MR) is 110 cm³/mol. The molecule has 0 saturated heterocycles. The molecule has 0 unspecified atom stereocenters. The van der Waals surface area contributed by atoms with Gasteiger partial charge in [-0.3, -0.25) is 4.79 Å². The number of hydrogen-bond donors (Lipinski definition) is 0. The number of rotatable bonds is 5. The molecule has 154 valence electrons. The van der Waals surface area contributed by atoms with Crippen molar-refractivity contribution >= 4 is 23.5 Å². The summed E-state index contributed by atoms with van der Waals surface area (Å²) in [7, 11) is 1.33. The van der Waals surface area contributed by atoms with Gasteiger partial charge in [0.25, 0.3) is 5.91 Å². The minimum Gasteiger partial charge on any atom is -0.471 e. The molecule has 8 heteroatoms. The molecule has 0 saturated carbocycles. The Labute approximate surface area is 178 Å². The molecule has 1 aromatic heterocycles. The van der Waals surface area contributed by atoms with Crippen LogP contribution in [0.5, 0.6) is 5.75 Å². The van der Waals surface area contributed by atoms with Crippen LogP contribution in [0, 0.1) is 0 Å². The van der Waals surface area contributed by atoms with E-state index in [1.165, 1.54) is 13.3 Å². The van der Waals surface area contributed by atoms with Crippen LogP contribution < -0.4 is 4.74 Å². The quantitative estimate of drug-likeness (QED) is 0.586. The van der Waals surface area contributed by atoms with Gasteiger partial charge in [-0.1, -0.05) is 41.9 Å². The van der Waals surface area contributed by atoms with Crippen molar-refractivity contribution in [3.05, 3.63) is 82.6 Å². The number of nitrogens with zero attached hydrogens (tertiary/aromatic N) is 3. The minimum atomic E-state index is -0.673. The zero-order valence-electron chi connectivity index (χ0n) is 16.3. The summed E-state index contributed by atoms with van der Waals surface area (Å²) in [4.78, 5) is 27.2. The van der Waals surface area contributed by atoms with Crippen LogP contribution in [-0.4, -0.2) is 39.7 Å². The molecule has 1 atom stereocenters. The molecule has 3 aromatic rings. The standard InChI is InChI=1S/C22H20ClN3O4/c1-29-22(28)20-10-15-5-2-3-6-17(15)12-26(20)21(27)16-7-4-8-19(9-16)30-14-25-13-18(23)11-24-25/h2-9,11,13,20H,10,12,14H2,1H3/t20-/m0/s1. The predicted octanol–water partition coefficient (Wildman–Crippen LogP) is 3.31. The topological polar surface area (TPSA) is 73.7 Å². The maximum atomic E-state index is 13.3. The number of carbonyl (C=O) groups excluding carboxylic acids is 2. The summed E-state index contributed by atoms with van der Waals surface area (Å²) >= 11 is 5.86. The summed E-state index contributed by atoms with van der Waals surface area (Å²) in [6.45, 7) is 0.498. The summed E-state index contributed by atoms with van der Waals surface area (Å²) < 4.78 is 12.2. The van der Waals surface area contributed by atoms with Crippen LogP contribution in [0.1, 0.15) is 21.5 Å². The zero-order valence-corrected chi connectivity index (χ0v) is 17.1. The van der Waals surface area contributed by atoms with Gasteiger partial charge >= 0.3 is 5.97 Å². The van der Waals surface area contributed by atoms with E-state index in [0.29, 0.717) is 29.3 Å². The number of methoxy groups -OCH3 is 1. The van der Waals surface area contributed by atoms with Crippen LogP contribution in [0.3, 0.4) is 0 Å². The van der Waals surface area contributed by atoms with E-state index in [-0.39, 0.29) is 12.6 Å². The fourth-order valence-electron chi connectivity index (χ4n) is 3.52. The van der Waals surface area contributed by atoms with Crippen LogP contribution in [0.25, 0.3) is 0 Å². The number of esters is 1. The first-order chi connectivity index (χ1) is 14.5. The molecule has 1 aliphatic heterocycles. The number of carbonyl (C=O) groups is 2. The number of benzene rings is 2. The number of hydrogen-bond acceptors (Lipinski definition) is 5. The van der Waals surface area contributed by atoms with E-state index >= 15 is 0 Å². The summed E-state index contributed by atoms with van der Waals surface area (Å²) in [5.74, 6) is -0.173. The van der Waals surface area contributed by atoms with Crippen molar-refractivity contribution in [3.63, 3.8) is 0 Å². The molecule has 0 spiro atoms.